The van der Waals surface area contributed by atoms with Crippen LogP contribution in [0.5, 0.6) is 0 Å². The Labute approximate surface area is 218 Å². The van der Waals surface area contributed by atoms with Crippen molar-refractivity contribution in [1.29, 1.82) is 0 Å². The van der Waals surface area contributed by atoms with Crippen LogP contribution in [0.1, 0.15) is 67.3 Å². The Bertz CT molecular complexity index is 1200. The molecule has 2 atom stereocenters. The molecule has 7 rings (SSSR count). The van der Waals surface area contributed by atoms with E-state index in [0.29, 0.717) is 0 Å². The molecule has 35 heavy (non-hydrogen) atoms. The SMILES string of the molecule is CC[C@H]1CC2=C(Cc3ccccc32)[C@H](c2c(F)cc(/C=C/C(=O)O)cc2F)N1C12CC(C1)C2.S.S. The Hall–Kier alpha value is -2.09. The van der Waals surface area contributed by atoms with Gasteiger partial charge in [-0.15, -0.1) is 0 Å². The molecule has 186 valence electrons. The Morgan fingerprint density at radius 2 is 1.80 bits per heavy atom. The molecule has 5 aliphatic rings. The molecule has 2 bridgehead atoms. The summed E-state index contributed by atoms with van der Waals surface area (Å²) in [6.07, 6.45) is 8.10. The number of carboxylic acid groups (broad SMARTS) is 1. The summed E-state index contributed by atoms with van der Waals surface area (Å²) in [5.41, 5.74) is 5.27. The van der Waals surface area contributed by atoms with Gasteiger partial charge in [-0.05, 0) is 90.5 Å². The number of carbonyl (C=O) groups is 1. The van der Waals surface area contributed by atoms with Crippen LogP contribution in [-0.4, -0.2) is 27.6 Å². The molecule has 3 saturated carbocycles. The van der Waals surface area contributed by atoms with Crippen molar-refractivity contribution in [3.8, 4) is 0 Å². The van der Waals surface area contributed by atoms with Crippen molar-refractivity contribution in [2.45, 2.75) is 63.1 Å². The van der Waals surface area contributed by atoms with Crippen LogP contribution >= 0.6 is 27.0 Å². The quantitative estimate of drug-likeness (QED) is 0.470. The lowest BCUT2D eigenvalue weighted by molar-refractivity contribution is -0.176. The predicted molar refractivity (Wildman–Crippen MR) is 144 cm³/mol. The van der Waals surface area contributed by atoms with Gasteiger partial charge in [0.25, 0.3) is 0 Å². The monoisotopic (exact) mass is 515 g/mol. The molecule has 0 saturated heterocycles. The topological polar surface area (TPSA) is 40.5 Å². The minimum Gasteiger partial charge on any atom is -0.478 e. The third kappa shape index (κ3) is 3.96. The second kappa shape index (κ2) is 9.41. The van der Waals surface area contributed by atoms with Gasteiger partial charge in [0, 0.05) is 23.2 Å². The van der Waals surface area contributed by atoms with E-state index in [4.69, 9.17) is 5.11 Å². The van der Waals surface area contributed by atoms with E-state index in [1.807, 2.05) is 12.1 Å². The van der Waals surface area contributed by atoms with Crippen LogP contribution in [0.3, 0.4) is 0 Å². The van der Waals surface area contributed by atoms with Crippen LogP contribution in [0.25, 0.3) is 11.6 Å². The maximum Gasteiger partial charge on any atom is 0.328 e. The fourth-order valence-corrected chi connectivity index (χ4v) is 6.86. The average molecular weight is 516 g/mol. The summed E-state index contributed by atoms with van der Waals surface area (Å²) in [4.78, 5) is 13.3. The van der Waals surface area contributed by atoms with Crippen LogP contribution in [0.2, 0.25) is 0 Å². The summed E-state index contributed by atoms with van der Waals surface area (Å²) in [5, 5.41) is 8.89. The number of fused-ring (bicyclic) bond motifs is 2. The van der Waals surface area contributed by atoms with Crippen LogP contribution < -0.4 is 0 Å². The molecule has 1 heterocycles. The van der Waals surface area contributed by atoms with Crippen LogP contribution in [0.15, 0.2) is 48.0 Å². The number of carboxylic acids is 1. The van der Waals surface area contributed by atoms with Crippen molar-refractivity contribution < 1.29 is 18.7 Å². The number of hydrogen-bond donors (Lipinski definition) is 1. The molecular formula is C28H31F2NO2S2. The van der Waals surface area contributed by atoms with E-state index in [1.54, 1.807) is 0 Å². The van der Waals surface area contributed by atoms with Crippen LogP contribution in [0, 0.1) is 17.6 Å². The second-order valence-corrected chi connectivity index (χ2v) is 10.2. The highest BCUT2D eigenvalue weighted by atomic mass is 32.1. The minimum absolute atomic E-state index is 0. The zero-order valence-corrected chi connectivity index (χ0v) is 21.7. The van der Waals surface area contributed by atoms with Gasteiger partial charge >= 0.3 is 5.97 Å². The van der Waals surface area contributed by atoms with Crippen LogP contribution in [0.4, 0.5) is 8.78 Å². The van der Waals surface area contributed by atoms with Crippen molar-refractivity contribution in [2.75, 3.05) is 0 Å². The van der Waals surface area contributed by atoms with Gasteiger partial charge < -0.3 is 5.11 Å². The number of benzene rings is 2. The first-order chi connectivity index (χ1) is 15.9. The van der Waals surface area contributed by atoms with Gasteiger partial charge in [0.2, 0.25) is 0 Å². The Morgan fingerprint density at radius 1 is 1.14 bits per heavy atom. The number of aliphatic carboxylic acids is 1. The van der Waals surface area contributed by atoms with Gasteiger partial charge in [0.05, 0.1) is 6.04 Å². The molecule has 7 heteroatoms. The van der Waals surface area contributed by atoms with E-state index >= 15 is 8.78 Å². The van der Waals surface area contributed by atoms with E-state index in [-0.39, 0.29) is 49.7 Å². The largest absolute Gasteiger partial charge is 0.478 e. The van der Waals surface area contributed by atoms with E-state index in [1.165, 1.54) is 34.9 Å². The summed E-state index contributed by atoms with van der Waals surface area (Å²) in [6, 6.07) is 10.7. The average Bonchev–Trinajstić information content (AvgIpc) is 3.08. The normalized spacial score (nSPS) is 28.4. The van der Waals surface area contributed by atoms with E-state index < -0.39 is 23.6 Å². The molecule has 3 fully saturated rings. The smallest absolute Gasteiger partial charge is 0.328 e. The van der Waals surface area contributed by atoms with Crippen molar-refractivity contribution in [1.82, 2.24) is 4.90 Å². The summed E-state index contributed by atoms with van der Waals surface area (Å²) in [5.74, 6) is -1.58. The lowest BCUT2D eigenvalue weighted by atomic mass is 9.48. The summed E-state index contributed by atoms with van der Waals surface area (Å²) in [7, 11) is 0. The molecule has 4 aliphatic carbocycles. The number of halogens is 2. The third-order valence-electron chi connectivity index (χ3n) is 8.37. The van der Waals surface area contributed by atoms with Gasteiger partial charge in [-0.2, -0.15) is 27.0 Å². The van der Waals surface area contributed by atoms with Crippen molar-refractivity contribution in [3.05, 3.63) is 81.9 Å². The number of hydrogen-bond acceptors (Lipinski definition) is 2. The Kier molecular flexibility index (Phi) is 6.99. The van der Waals surface area contributed by atoms with Crippen LogP contribution in [-0.2, 0) is 11.2 Å². The fourth-order valence-electron chi connectivity index (χ4n) is 6.86. The molecule has 3 nitrogen and oxygen atoms in total. The molecule has 0 unspecified atom stereocenters. The van der Waals surface area contributed by atoms with Crippen molar-refractivity contribution in [2.24, 2.45) is 5.92 Å². The van der Waals surface area contributed by atoms with E-state index in [9.17, 15) is 4.79 Å². The third-order valence-corrected chi connectivity index (χ3v) is 8.37. The number of nitrogens with zero attached hydrogens (tertiary/aromatic N) is 1. The lowest BCUT2D eigenvalue weighted by Gasteiger charge is -2.70. The van der Waals surface area contributed by atoms with Gasteiger partial charge in [0.15, 0.2) is 0 Å². The molecule has 2 aromatic rings. The Morgan fingerprint density at radius 3 is 2.37 bits per heavy atom. The minimum atomic E-state index is -1.15. The molecule has 0 spiro atoms. The molecule has 2 aromatic carbocycles. The first-order valence-corrected chi connectivity index (χ1v) is 11.9. The first-order valence-electron chi connectivity index (χ1n) is 11.9. The maximum atomic E-state index is 15.7. The molecule has 0 amide bonds. The zero-order valence-electron chi connectivity index (χ0n) is 19.7. The standard InChI is InChI=1S/C28H27F2NO2.2H2S/c1-2-19-12-21-20-6-4-3-5-18(20)11-22(21)27(31(19)28-13-17(14-28)15-28)26-23(29)9-16(10-24(26)30)7-8-25(32)33;;/h3-10,17,19,27H,2,11-15H2,1H3,(H,32,33);2*1H2/b8-7+;;/t17?,19-,27+,28?;;/m0../s1. The van der Waals surface area contributed by atoms with Gasteiger partial charge in [-0.25, -0.2) is 13.6 Å². The highest BCUT2D eigenvalue weighted by molar-refractivity contribution is 7.59. The first kappa shape index (κ1) is 26.0. The zero-order chi connectivity index (χ0) is 22.9. The van der Waals surface area contributed by atoms with E-state index in [2.05, 4.69) is 24.0 Å². The summed E-state index contributed by atoms with van der Waals surface area (Å²) >= 11 is 0. The highest BCUT2D eigenvalue weighted by Crippen LogP contribution is 2.66. The van der Waals surface area contributed by atoms with Gasteiger partial charge in [-0.1, -0.05) is 31.2 Å². The Balaban J connectivity index is 0.00000144. The summed E-state index contributed by atoms with van der Waals surface area (Å²) in [6.45, 7) is 2.18. The number of rotatable bonds is 5. The second-order valence-electron chi connectivity index (χ2n) is 10.2. The van der Waals surface area contributed by atoms with Gasteiger partial charge in [-0.3, -0.25) is 4.90 Å². The molecule has 1 N–H and O–H groups in total. The van der Waals surface area contributed by atoms with E-state index in [0.717, 1.165) is 56.1 Å². The summed E-state index contributed by atoms with van der Waals surface area (Å²) < 4.78 is 31.3. The predicted octanol–water partition coefficient (Wildman–Crippen LogP) is 6.38. The molecular weight excluding hydrogens is 484 g/mol. The molecule has 0 radical (unpaired) electrons. The maximum absolute atomic E-state index is 15.7. The highest BCUT2D eigenvalue weighted by Gasteiger charge is 2.63. The van der Waals surface area contributed by atoms with Crippen molar-refractivity contribution >= 4 is 44.6 Å². The van der Waals surface area contributed by atoms with Gasteiger partial charge in [0.1, 0.15) is 11.6 Å². The molecule has 0 aromatic heterocycles. The lowest BCUT2D eigenvalue weighted by Crippen LogP contribution is -2.71. The fraction of sp³-hybridized carbons (Fsp3) is 0.393. The molecule has 1 aliphatic heterocycles. The van der Waals surface area contributed by atoms with Crippen molar-refractivity contribution in [3.63, 3.8) is 0 Å².